The summed E-state index contributed by atoms with van der Waals surface area (Å²) in [6.45, 7) is 4.02. The second-order valence-corrected chi connectivity index (χ2v) is 5.74. The Balaban J connectivity index is 2.08. The Hall–Kier alpha value is -0.960. The minimum Gasteiger partial charge on any atom is -0.383 e. The lowest BCUT2D eigenvalue weighted by Gasteiger charge is -2.29. The van der Waals surface area contributed by atoms with Crippen LogP contribution in [-0.4, -0.2) is 62.9 Å². The number of hydrogen-bond acceptors (Lipinski definition) is 6. The number of rotatable bonds is 6. The Morgan fingerprint density at radius 2 is 2.48 bits per heavy atom. The molecule has 0 radical (unpaired) electrons. The number of ether oxygens (including phenoxy) is 2. The molecule has 7 nitrogen and oxygen atoms in total. The van der Waals surface area contributed by atoms with Crippen LogP contribution in [0.4, 0.5) is 5.69 Å². The van der Waals surface area contributed by atoms with Gasteiger partial charge in [-0.05, 0) is 15.9 Å². The first-order valence-electron chi connectivity index (χ1n) is 6.91. The van der Waals surface area contributed by atoms with Crippen molar-refractivity contribution in [2.24, 2.45) is 0 Å². The first-order chi connectivity index (χ1) is 10.1. The Labute approximate surface area is 132 Å². The van der Waals surface area contributed by atoms with Crippen LogP contribution in [0.5, 0.6) is 0 Å². The van der Waals surface area contributed by atoms with Gasteiger partial charge in [0.25, 0.3) is 5.56 Å². The van der Waals surface area contributed by atoms with E-state index in [-0.39, 0.29) is 11.7 Å². The van der Waals surface area contributed by atoms with E-state index in [4.69, 9.17) is 9.47 Å². The third kappa shape index (κ3) is 4.26. The molecule has 1 aromatic heterocycles. The average molecular weight is 361 g/mol. The van der Waals surface area contributed by atoms with Crippen LogP contribution in [0, 0.1) is 0 Å². The fourth-order valence-electron chi connectivity index (χ4n) is 2.20. The molecule has 1 N–H and O–H groups in total. The summed E-state index contributed by atoms with van der Waals surface area (Å²) in [5, 5.41) is 7.48. The molecule has 1 aliphatic rings. The third-order valence-corrected chi connectivity index (χ3v) is 4.11. The van der Waals surface area contributed by atoms with Crippen molar-refractivity contribution in [1.29, 1.82) is 0 Å². The van der Waals surface area contributed by atoms with Crippen LogP contribution in [0.15, 0.2) is 15.5 Å². The van der Waals surface area contributed by atoms with Crippen LogP contribution >= 0.6 is 15.9 Å². The molecule has 118 valence electrons. The molecule has 8 heteroatoms. The highest BCUT2D eigenvalue weighted by molar-refractivity contribution is 9.10. The molecule has 1 fully saturated rings. The molecule has 2 rings (SSSR count). The van der Waals surface area contributed by atoms with Crippen molar-refractivity contribution in [2.45, 2.75) is 12.6 Å². The molecule has 1 aromatic rings. The second kappa shape index (κ2) is 7.88. The van der Waals surface area contributed by atoms with Crippen molar-refractivity contribution >= 4 is 21.6 Å². The molecule has 0 saturated carbocycles. The molecule has 0 bridgehead atoms. The lowest BCUT2D eigenvalue weighted by atomic mass is 10.2. The van der Waals surface area contributed by atoms with Gasteiger partial charge in [0.2, 0.25) is 0 Å². The summed E-state index contributed by atoms with van der Waals surface area (Å²) in [7, 11) is 3.53. The molecule has 1 aliphatic heterocycles. The van der Waals surface area contributed by atoms with Gasteiger partial charge in [-0.3, -0.25) is 4.79 Å². The molecular formula is C13H21BrN4O3. The van der Waals surface area contributed by atoms with Gasteiger partial charge >= 0.3 is 0 Å². The summed E-state index contributed by atoms with van der Waals surface area (Å²) in [4.78, 5) is 14.2. The summed E-state index contributed by atoms with van der Waals surface area (Å²) in [6, 6.07) is 0. The number of morpholine rings is 1. The number of aromatic nitrogens is 2. The zero-order valence-electron chi connectivity index (χ0n) is 12.3. The zero-order valence-corrected chi connectivity index (χ0v) is 13.9. The minimum atomic E-state index is -0.154. The van der Waals surface area contributed by atoms with Gasteiger partial charge in [0.1, 0.15) is 4.47 Å². The summed E-state index contributed by atoms with van der Waals surface area (Å²) in [5.74, 6) is 0. The van der Waals surface area contributed by atoms with E-state index in [2.05, 4.69) is 26.3 Å². The van der Waals surface area contributed by atoms with Crippen molar-refractivity contribution in [3.63, 3.8) is 0 Å². The number of methoxy groups -OCH3 is 1. The number of halogens is 1. The summed E-state index contributed by atoms with van der Waals surface area (Å²) in [5.41, 5.74) is 0.613. The maximum Gasteiger partial charge on any atom is 0.283 e. The summed E-state index contributed by atoms with van der Waals surface area (Å²) in [6.07, 6.45) is 1.81. The van der Waals surface area contributed by atoms with Gasteiger partial charge in [-0.2, -0.15) is 5.10 Å². The lowest BCUT2D eigenvalue weighted by Crippen LogP contribution is -2.44. The molecular weight excluding hydrogens is 340 g/mol. The highest BCUT2D eigenvalue weighted by Crippen LogP contribution is 2.20. The van der Waals surface area contributed by atoms with E-state index >= 15 is 0 Å². The number of likely N-dealkylation sites (N-methyl/N-ethyl adjacent to an activating group) is 1. The van der Waals surface area contributed by atoms with Crippen LogP contribution in [0.1, 0.15) is 0 Å². The smallest absolute Gasteiger partial charge is 0.283 e. The Morgan fingerprint density at radius 1 is 1.67 bits per heavy atom. The van der Waals surface area contributed by atoms with Gasteiger partial charge < -0.3 is 19.7 Å². The summed E-state index contributed by atoms with van der Waals surface area (Å²) >= 11 is 3.38. The SMILES string of the molecule is COCCn1ncc(N(C)CC2CNCCO2)c(Br)c1=O. The van der Waals surface area contributed by atoms with Crippen LogP contribution in [0.3, 0.4) is 0 Å². The van der Waals surface area contributed by atoms with Gasteiger partial charge in [0.05, 0.1) is 37.7 Å². The average Bonchev–Trinajstić information content (AvgIpc) is 2.49. The Bertz CT molecular complexity index is 517. The molecule has 1 atom stereocenters. The summed E-state index contributed by atoms with van der Waals surface area (Å²) < 4.78 is 12.6. The molecule has 2 heterocycles. The Morgan fingerprint density at radius 3 is 3.14 bits per heavy atom. The van der Waals surface area contributed by atoms with Crippen LogP contribution in [0.2, 0.25) is 0 Å². The molecule has 0 aliphatic carbocycles. The minimum absolute atomic E-state index is 0.117. The maximum atomic E-state index is 12.2. The molecule has 21 heavy (non-hydrogen) atoms. The largest absolute Gasteiger partial charge is 0.383 e. The van der Waals surface area contributed by atoms with E-state index in [9.17, 15) is 4.79 Å². The van der Waals surface area contributed by atoms with E-state index in [1.807, 2.05) is 11.9 Å². The molecule has 0 amide bonds. The number of anilines is 1. The van der Waals surface area contributed by atoms with Crippen molar-refractivity contribution in [3.05, 3.63) is 21.0 Å². The van der Waals surface area contributed by atoms with Crippen molar-refractivity contribution in [2.75, 3.05) is 51.9 Å². The van der Waals surface area contributed by atoms with E-state index in [0.29, 0.717) is 24.2 Å². The molecule has 0 spiro atoms. The second-order valence-electron chi connectivity index (χ2n) is 4.94. The van der Waals surface area contributed by atoms with Crippen molar-refractivity contribution < 1.29 is 9.47 Å². The Kier molecular flexibility index (Phi) is 6.16. The number of hydrogen-bond donors (Lipinski definition) is 1. The van der Waals surface area contributed by atoms with E-state index in [1.165, 1.54) is 4.68 Å². The van der Waals surface area contributed by atoms with Crippen LogP contribution in [0.25, 0.3) is 0 Å². The standard InChI is InChI=1S/C13H21BrN4O3/c1-17(9-10-7-15-3-5-21-10)11-8-16-18(4-6-20-2)13(19)12(11)14/h8,10,15H,3-7,9H2,1-2H3. The molecule has 1 saturated heterocycles. The van der Waals surface area contributed by atoms with Gasteiger partial charge in [-0.15, -0.1) is 0 Å². The topological polar surface area (TPSA) is 68.6 Å². The maximum absolute atomic E-state index is 12.2. The van der Waals surface area contributed by atoms with E-state index in [0.717, 1.165) is 25.4 Å². The monoisotopic (exact) mass is 360 g/mol. The predicted octanol–water partition coefficient (Wildman–Crippen LogP) is 0.0768. The molecule has 0 aromatic carbocycles. The van der Waals surface area contributed by atoms with E-state index in [1.54, 1.807) is 13.3 Å². The van der Waals surface area contributed by atoms with Gasteiger partial charge in [-0.25, -0.2) is 4.68 Å². The number of nitrogens with one attached hydrogen (secondary N) is 1. The van der Waals surface area contributed by atoms with Crippen molar-refractivity contribution in [1.82, 2.24) is 15.1 Å². The van der Waals surface area contributed by atoms with Gasteiger partial charge in [-0.1, -0.05) is 0 Å². The highest BCUT2D eigenvalue weighted by atomic mass is 79.9. The highest BCUT2D eigenvalue weighted by Gasteiger charge is 2.18. The van der Waals surface area contributed by atoms with Crippen molar-refractivity contribution in [3.8, 4) is 0 Å². The lowest BCUT2D eigenvalue weighted by molar-refractivity contribution is 0.0340. The van der Waals surface area contributed by atoms with Crippen LogP contribution in [-0.2, 0) is 16.0 Å². The van der Waals surface area contributed by atoms with Gasteiger partial charge in [0.15, 0.2) is 0 Å². The van der Waals surface area contributed by atoms with Crippen LogP contribution < -0.4 is 15.8 Å². The van der Waals surface area contributed by atoms with Gasteiger partial charge in [0, 0.05) is 33.8 Å². The fraction of sp³-hybridized carbons (Fsp3) is 0.692. The fourth-order valence-corrected chi connectivity index (χ4v) is 2.81. The van der Waals surface area contributed by atoms with E-state index < -0.39 is 0 Å². The first kappa shape index (κ1) is 16.4. The third-order valence-electron chi connectivity index (χ3n) is 3.37. The first-order valence-corrected chi connectivity index (χ1v) is 7.70. The molecule has 1 unspecified atom stereocenters. The number of nitrogens with zero attached hydrogens (tertiary/aromatic N) is 3. The quantitative estimate of drug-likeness (QED) is 0.774. The predicted molar refractivity (Wildman–Crippen MR) is 84.0 cm³/mol. The zero-order chi connectivity index (χ0) is 15.2. The normalized spacial score (nSPS) is 18.7.